The van der Waals surface area contributed by atoms with Crippen LogP contribution in [0.5, 0.6) is 0 Å². The van der Waals surface area contributed by atoms with E-state index in [9.17, 15) is 20.4 Å². The van der Waals surface area contributed by atoms with Gasteiger partial charge in [-0.1, -0.05) is 6.92 Å². The number of aliphatic hydroxyl groups excluding tert-OH is 2. The zero-order chi connectivity index (χ0) is 36.8. The van der Waals surface area contributed by atoms with Crippen LogP contribution in [0.3, 0.4) is 0 Å². The lowest BCUT2D eigenvalue weighted by Crippen LogP contribution is -2.78. The van der Waals surface area contributed by atoms with E-state index in [-0.39, 0.29) is 57.1 Å². The van der Waals surface area contributed by atoms with E-state index in [2.05, 4.69) is 0 Å². The smallest absolute Gasteiger partial charge is 0.187 e. The minimum Gasteiger partial charge on any atom is -0.394 e. The Hall–Kier alpha value is -0.560. The fourth-order valence-corrected chi connectivity index (χ4v) is 12.0. The van der Waals surface area contributed by atoms with Gasteiger partial charge in [0.05, 0.1) is 60.4 Å². The average molecular weight is 731 g/mol. The molecule has 7 rings (SSSR count). The lowest BCUT2D eigenvalue weighted by Gasteiger charge is -2.71. The quantitative estimate of drug-likeness (QED) is 0.190. The van der Waals surface area contributed by atoms with Crippen molar-refractivity contribution in [3.63, 3.8) is 0 Å². The van der Waals surface area contributed by atoms with E-state index in [0.29, 0.717) is 38.5 Å². The molecular formula is C37H62O14. The maximum atomic E-state index is 13.1. The summed E-state index contributed by atoms with van der Waals surface area (Å²) < 4.78 is 62.4. The predicted octanol–water partition coefficient (Wildman–Crippen LogP) is 2.21. The summed E-state index contributed by atoms with van der Waals surface area (Å²) in [7, 11) is 3.15. The predicted molar refractivity (Wildman–Crippen MR) is 178 cm³/mol. The van der Waals surface area contributed by atoms with Gasteiger partial charge in [-0.15, -0.1) is 0 Å². The minimum absolute atomic E-state index is 0.0288. The zero-order valence-electron chi connectivity index (χ0n) is 31.6. The first-order valence-corrected chi connectivity index (χ1v) is 18.9. The van der Waals surface area contributed by atoms with Gasteiger partial charge in [-0.25, -0.2) is 0 Å². The van der Waals surface area contributed by atoms with E-state index in [1.165, 1.54) is 0 Å². The molecule has 0 aromatic heterocycles. The van der Waals surface area contributed by atoms with Crippen LogP contribution in [0.4, 0.5) is 0 Å². The Bertz CT molecular complexity index is 1250. The highest BCUT2D eigenvalue weighted by Crippen LogP contribution is 2.72. The molecule has 14 nitrogen and oxygen atoms in total. The van der Waals surface area contributed by atoms with Crippen LogP contribution in [0.15, 0.2) is 0 Å². The molecule has 0 amide bonds. The SMILES string of the molecule is COCO[C@@H]1[C@H]2OC(C)(C)O[C@H]2[C@H](O[C@H]2C[C@H]3OC(C)(C)OC[C@]34[C@@H]3[C@@H](CC[C@]4(O)C2)[C@@]2(O)CC[C@H](C(O)CO)[C@@]2(C)C[C@H]3OCOC)O[C@H]1C. The van der Waals surface area contributed by atoms with Crippen LogP contribution in [-0.2, 0) is 47.4 Å². The zero-order valence-corrected chi connectivity index (χ0v) is 31.6. The van der Waals surface area contributed by atoms with Crippen LogP contribution >= 0.6 is 0 Å². The molecule has 51 heavy (non-hydrogen) atoms. The van der Waals surface area contributed by atoms with Crippen LogP contribution in [0.1, 0.15) is 86.5 Å². The standard InChI is InChI=1S/C37H62O14/c1-20-28(45-19-43-8)29-30(51-33(4,5)50-29)31(47-20)48-21-13-26-36(17-46-32(2,3)49-26)27-23(9-11-35(36,40)14-21)37(41)12-10-22(24(39)16-38)34(37,6)15-25(27)44-18-42-7/h20-31,38-41H,9-19H2,1-8H3/t20-,21-,22+,23+,24?,25+,26+,27+,28-,29+,30+,31-,34+,35-,36+,37-/m0/s1. The Morgan fingerprint density at radius 2 is 1.57 bits per heavy atom. The highest BCUT2D eigenvalue weighted by Gasteiger charge is 2.77. The summed E-state index contributed by atoms with van der Waals surface area (Å²) in [5.41, 5.74) is -4.16. The van der Waals surface area contributed by atoms with Gasteiger partial charge in [0, 0.05) is 38.4 Å². The highest BCUT2D eigenvalue weighted by atomic mass is 16.8. The van der Waals surface area contributed by atoms with Crippen LogP contribution in [-0.4, -0.2) is 139 Å². The molecule has 4 N–H and O–H groups in total. The fraction of sp³-hybridized carbons (Fsp3) is 1.00. The largest absolute Gasteiger partial charge is 0.394 e. The molecule has 0 bridgehead atoms. The summed E-state index contributed by atoms with van der Waals surface area (Å²) >= 11 is 0. The number of fused-ring (bicyclic) bond motifs is 4. The summed E-state index contributed by atoms with van der Waals surface area (Å²) in [6, 6.07) is 0. The van der Waals surface area contributed by atoms with Crippen molar-refractivity contribution in [2.45, 2.75) is 164 Å². The Morgan fingerprint density at radius 3 is 2.27 bits per heavy atom. The normalized spacial score (nSPS) is 51.9. The van der Waals surface area contributed by atoms with Crippen molar-refractivity contribution in [2.24, 2.45) is 28.6 Å². The van der Waals surface area contributed by atoms with Crippen molar-refractivity contribution in [2.75, 3.05) is 41.0 Å². The summed E-state index contributed by atoms with van der Waals surface area (Å²) in [6.45, 7) is 11.4. The minimum atomic E-state index is -1.31. The molecule has 7 fully saturated rings. The molecule has 16 atom stereocenters. The van der Waals surface area contributed by atoms with Gasteiger partial charge in [-0.05, 0) is 78.6 Å². The van der Waals surface area contributed by atoms with Crippen molar-refractivity contribution in [3.8, 4) is 0 Å². The molecule has 1 spiro atoms. The molecule has 0 aromatic carbocycles. The molecule has 1 unspecified atom stereocenters. The van der Waals surface area contributed by atoms with Gasteiger partial charge >= 0.3 is 0 Å². The fourth-order valence-electron chi connectivity index (χ4n) is 12.0. The van der Waals surface area contributed by atoms with E-state index in [4.69, 9.17) is 47.4 Å². The van der Waals surface area contributed by atoms with Crippen molar-refractivity contribution in [1.29, 1.82) is 0 Å². The number of aliphatic hydroxyl groups is 4. The Kier molecular flexibility index (Phi) is 10.3. The monoisotopic (exact) mass is 730 g/mol. The Morgan fingerprint density at radius 1 is 0.863 bits per heavy atom. The lowest BCUT2D eigenvalue weighted by atomic mass is 9.40. The first-order chi connectivity index (χ1) is 24.0. The van der Waals surface area contributed by atoms with Crippen molar-refractivity contribution >= 4 is 0 Å². The molecule has 14 heteroatoms. The maximum Gasteiger partial charge on any atom is 0.187 e. The average Bonchev–Trinajstić information content (AvgIpc) is 3.53. The van der Waals surface area contributed by atoms with Gasteiger partial charge in [0.1, 0.15) is 31.9 Å². The van der Waals surface area contributed by atoms with Crippen LogP contribution in [0, 0.1) is 28.6 Å². The Labute approximate surface area is 301 Å². The number of rotatable bonds is 10. The number of hydrogen-bond donors (Lipinski definition) is 4. The summed E-state index contributed by atoms with van der Waals surface area (Å²) in [5, 5.41) is 47.0. The van der Waals surface area contributed by atoms with Crippen molar-refractivity contribution < 1.29 is 67.8 Å². The molecule has 0 radical (unpaired) electrons. The number of methoxy groups -OCH3 is 2. The van der Waals surface area contributed by atoms with Gasteiger partial charge in [0.25, 0.3) is 0 Å². The molecule has 3 heterocycles. The van der Waals surface area contributed by atoms with E-state index >= 15 is 0 Å². The molecular weight excluding hydrogens is 668 g/mol. The molecule has 294 valence electrons. The number of ether oxygens (including phenoxy) is 10. The van der Waals surface area contributed by atoms with Crippen LogP contribution in [0.2, 0.25) is 0 Å². The molecule has 3 saturated heterocycles. The summed E-state index contributed by atoms with van der Waals surface area (Å²) in [6.07, 6.45) is -1.94. The topological polar surface area (TPSA) is 173 Å². The molecule has 0 aromatic rings. The van der Waals surface area contributed by atoms with Crippen molar-refractivity contribution in [1.82, 2.24) is 0 Å². The molecule has 4 aliphatic carbocycles. The Balaban J connectivity index is 1.22. The third-order valence-electron chi connectivity index (χ3n) is 14.1. The van der Waals surface area contributed by atoms with E-state index in [1.54, 1.807) is 14.2 Å². The van der Waals surface area contributed by atoms with E-state index in [1.807, 2.05) is 41.5 Å². The second-order valence-corrected chi connectivity index (χ2v) is 17.6. The van der Waals surface area contributed by atoms with Gasteiger partial charge in [-0.2, -0.15) is 0 Å². The summed E-state index contributed by atoms with van der Waals surface area (Å²) in [5.74, 6) is -2.78. The van der Waals surface area contributed by atoms with E-state index < -0.39 is 82.6 Å². The molecule has 3 aliphatic heterocycles. The highest BCUT2D eigenvalue weighted by molar-refractivity contribution is 5.25. The molecule has 7 aliphatic rings. The second kappa shape index (κ2) is 13.6. The molecule has 4 saturated carbocycles. The van der Waals surface area contributed by atoms with Crippen molar-refractivity contribution in [3.05, 3.63) is 0 Å². The number of hydrogen-bond acceptors (Lipinski definition) is 14. The third kappa shape index (κ3) is 6.07. The third-order valence-corrected chi connectivity index (χ3v) is 14.1. The van der Waals surface area contributed by atoms with E-state index in [0.717, 1.165) is 0 Å². The van der Waals surface area contributed by atoms with Gasteiger partial charge in [0.2, 0.25) is 0 Å². The summed E-state index contributed by atoms with van der Waals surface area (Å²) in [4.78, 5) is 0. The van der Waals surface area contributed by atoms with Crippen LogP contribution < -0.4 is 0 Å². The first-order valence-electron chi connectivity index (χ1n) is 18.9. The van der Waals surface area contributed by atoms with Gasteiger partial charge in [-0.3, -0.25) is 0 Å². The second-order valence-electron chi connectivity index (χ2n) is 17.6. The lowest BCUT2D eigenvalue weighted by molar-refractivity contribution is -0.410. The van der Waals surface area contributed by atoms with Crippen LogP contribution in [0.25, 0.3) is 0 Å². The van der Waals surface area contributed by atoms with Gasteiger partial charge < -0.3 is 67.8 Å². The first kappa shape index (κ1) is 38.7. The maximum absolute atomic E-state index is 13.1. The van der Waals surface area contributed by atoms with Gasteiger partial charge in [0.15, 0.2) is 17.9 Å².